The van der Waals surface area contributed by atoms with Crippen LogP contribution in [0.15, 0.2) is 42.6 Å². The van der Waals surface area contributed by atoms with E-state index in [1.807, 2.05) is 29.3 Å². The third-order valence-electron chi connectivity index (χ3n) is 10.5. The number of anilines is 1. The zero-order valence-corrected chi connectivity index (χ0v) is 28.2. The van der Waals surface area contributed by atoms with E-state index in [4.69, 9.17) is 14.5 Å². The molecule has 1 aromatic carbocycles. The molecule has 2 amide bonds. The number of thiazole rings is 1. The molecule has 252 valence electrons. The van der Waals surface area contributed by atoms with Crippen LogP contribution >= 0.6 is 11.3 Å². The molecule has 1 aliphatic heterocycles. The van der Waals surface area contributed by atoms with Crippen LogP contribution in [-0.4, -0.2) is 70.9 Å². The van der Waals surface area contributed by atoms with Crippen LogP contribution in [0.2, 0.25) is 0 Å². The number of hydrogen-bond acceptors (Lipinski definition) is 9. The lowest BCUT2D eigenvalue weighted by Crippen LogP contribution is -2.54. The highest BCUT2D eigenvalue weighted by Gasteiger charge is 2.36. The first kappa shape index (κ1) is 32.5. The van der Waals surface area contributed by atoms with Crippen molar-refractivity contribution < 1.29 is 24.2 Å². The minimum absolute atomic E-state index is 0.136. The summed E-state index contributed by atoms with van der Waals surface area (Å²) in [7, 11) is 1.55. The van der Waals surface area contributed by atoms with Gasteiger partial charge in [0, 0.05) is 41.9 Å². The topological polar surface area (TPSA) is 129 Å². The lowest BCUT2D eigenvalue weighted by Gasteiger charge is -2.38. The zero-order chi connectivity index (χ0) is 33.2. The number of rotatable bonds is 9. The van der Waals surface area contributed by atoms with Crippen LogP contribution in [0.25, 0.3) is 10.4 Å². The number of hydrogen-bond donors (Lipinski definition) is 1. The van der Waals surface area contributed by atoms with Crippen molar-refractivity contribution in [3.8, 4) is 22.3 Å². The second kappa shape index (κ2) is 14.2. The number of carbonyl (C=O) groups excluding carboxylic acids is 2. The number of benzene rings is 1. The summed E-state index contributed by atoms with van der Waals surface area (Å²) in [5.74, 6) is 1.72. The summed E-state index contributed by atoms with van der Waals surface area (Å²) in [5.41, 5.74) is 3.26. The largest absolute Gasteiger partial charge is 0.494 e. The molecule has 3 heterocycles. The number of ether oxygens (including phenoxy) is 2. The Morgan fingerprint density at radius 1 is 1.02 bits per heavy atom. The van der Waals surface area contributed by atoms with E-state index in [1.165, 1.54) is 22.7 Å². The molecule has 0 atom stereocenters. The van der Waals surface area contributed by atoms with Crippen LogP contribution in [-0.2, 0) is 9.53 Å². The van der Waals surface area contributed by atoms with Crippen LogP contribution in [0.1, 0.15) is 92.4 Å². The van der Waals surface area contributed by atoms with Crippen LogP contribution in [0.5, 0.6) is 5.75 Å². The van der Waals surface area contributed by atoms with Gasteiger partial charge in [-0.2, -0.15) is 5.26 Å². The maximum absolute atomic E-state index is 14.4. The summed E-state index contributed by atoms with van der Waals surface area (Å²) in [6.07, 6.45) is 9.87. The summed E-state index contributed by atoms with van der Waals surface area (Å²) < 4.78 is 11.0. The molecule has 0 spiro atoms. The summed E-state index contributed by atoms with van der Waals surface area (Å²) in [4.78, 5) is 40.8. The number of nitriles is 1. The van der Waals surface area contributed by atoms with Crippen LogP contribution in [0.4, 0.5) is 10.5 Å². The molecule has 48 heavy (non-hydrogen) atoms. The molecule has 3 aliphatic carbocycles. The van der Waals surface area contributed by atoms with Gasteiger partial charge in [0.15, 0.2) is 11.4 Å². The zero-order valence-electron chi connectivity index (χ0n) is 27.4. The molecule has 0 bridgehead atoms. The van der Waals surface area contributed by atoms with E-state index in [1.54, 1.807) is 18.4 Å². The number of aliphatic hydroxyl groups excluding tert-OH is 1. The highest BCUT2D eigenvalue weighted by molar-refractivity contribution is 7.15. The van der Waals surface area contributed by atoms with E-state index in [-0.39, 0.29) is 29.9 Å². The molecule has 4 fully saturated rings. The Kier molecular flexibility index (Phi) is 9.64. The Morgan fingerprint density at radius 2 is 1.77 bits per heavy atom. The van der Waals surface area contributed by atoms with Gasteiger partial charge in [-0.25, -0.2) is 14.8 Å². The minimum atomic E-state index is -0.461. The molecule has 7 rings (SSSR count). The smallest absolute Gasteiger partial charge is 0.410 e. The second-order valence-corrected chi connectivity index (χ2v) is 14.9. The van der Waals surface area contributed by atoms with Gasteiger partial charge in [-0.05, 0) is 100.0 Å². The van der Waals surface area contributed by atoms with Crippen molar-refractivity contribution in [2.75, 3.05) is 31.6 Å². The van der Waals surface area contributed by atoms with Crippen molar-refractivity contribution in [3.63, 3.8) is 0 Å². The van der Waals surface area contributed by atoms with Crippen molar-refractivity contribution in [1.82, 2.24) is 14.9 Å². The molecule has 1 N–H and O–H groups in total. The van der Waals surface area contributed by atoms with Crippen molar-refractivity contribution >= 4 is 29.0 Å². The Hall–Kier alpha value is -4.01. The number of pyridine rings is 1. The number of aromatic nitrogens is 2. The fraction of sp³-hybridized carbons (Fsp3) is 0.541. The Balaban J connectivity index is 1.04. The normalized spacial score (nSPS) is 24.3. The lowest BCUT2D eigenvalue weighted by atomic mass is 9.79. The van der Waals surface area contributed by atoms with Gasteiger partial charge in [-0.1, -0.05) is 12.1 Å². The minimum Gasteiger partial charge on any atom is -0.494 e. The standard InChI is InChI=1S/C37H43N5O5S/c1-46-33-16-15-31(40-32(33)18-38)24-7-5-23(6-8-24)20-42(28-4-2-3-27(17-28)34-19-39-35(48-34)25-9-10-25)36(44)26-11-13-30(14-12-26)47-37(45)41-21-29(43)22-41/h2-4,15-17,19,23-26,29-30,43H,5-14,20-22H2,1H3/t23-,24-,26-,30-. The van der Waals surface area contributed by atoms with Crippen LogP contribution < -0.4 is 9.64 Å². The number of aliphatic hydroxyl groups is 1. The summed E-state index contributed by atoms with van der Waals surface area (Å²) >= 11 is 1.76. The Labute approximate surface area is 285 Å². The fourth-order valence-electron chi connectivity index (χ4n) is 7.39. The molecule has 10 nitrogen and oxygen atoms in total. The van der Waals surface area contributed by atoms with Crippen molar-refractivity contribution in [2.45, 2.75) is 88.3 Å². The number of carbonyl (C=O) groups is 2. The number of amides is 2. The first-order valence-corrected chi connectivity index (χ1v) is 18.2. The first-order valence-electron chi connectivity index (χ1n) is 17.3. The van der Waals surface area contributed by atoms with Gasteiger partial charge in [0.1, 0.15) is 12.2 Å². The van der Waals surface area contributed by atoms with E-state index >= 15 is 0 Å². The third kappa shape index (κ3) is 7.20. The molecular formula is C37H43N5O5S. The molecule has 0 unspecified atom stereocenters. The molecule has 1 saturated heterocycles. The average Bonchev–Trinajstić information content (AvgIpc) is 3.84. The molecule has 2 aromatic heterocycles. The molecule has 3 aromatic rings. The third-order valence-corrected chi connectivity index (χ3v) is 11.7. The van der Waals surface area contributed by atoms with E-state index in [0.717, 1.165) is 47.5 Å². The summed E-state index contributed by atoms with van der Waals surface area (Å²) in [6, 6.07) is 14.3. The summed E-state index contributed by atoms with van der Waals surface area (Å²) in [6.45, 7) is 1.30. The second-order valence-electron chi connectivity index (χ2n) is 13.9. The van der Waals surface area contributed by atoms with Gasteiger partial charge < -0.3 is 24.4 Å². The number of nitrogens with zero attached hydrogens (tertiary/aromatic N) is 5. The highest BCUT2D eigenvalue weighted by Crippen LogP contribution is 2.44. The van der Waals surface area contributed by atoms with E-state index in [9.17, 15) is 20.0 Å². The Morgan fingerprint density at radius 3 is 2.46 bits per heavy atom. The highest BCUT2D eigenvalue weighted by atomic mass is 32.1. The van der Waals surface area contributed by atoms with Gasteiger partial charge in [0.2, 0.25) is 5.91 Å². The molecular weight excluding hydrogens is 627 g/mol. The predicted molar refractivity (Wildman–Crippen MR) is 182 cm³/mol. The van der Waals surface area contributed by atoms with Gasteiger partial charge in [0.05, 0.1) is 36.2 Å². The molecule has 11 heteroatoms. The number of β-amino-alcohol motifs (C(OH)–C–C–N with tert-alkyl or cyclic N) is 1. The summed E-state index contributed by atoms with van der Waals surface area (Å²) in [5, 5.41) is 20.3. The number of methoxy groups -OCH3 is 1. The van der Waals surface area contributed by atoms with E-state index in [0.29, 0.717) is 68.6 Å². The van der Waals surface area contributed by atoms with Crippen molar-refractivity contribution in [3.05, 3.63) is 59.0 Å². The van der Waals surface area contributed by atoms with Crippen LogP contribution in [0.3, 0.4) is 0 Å². The predicted octanol–water partition coefficient (Wildman–Crippen LogP) is 6.64. The molecule has 4 aliphatic rings. The SMILES string of the molecule is COc1ccc([C@H]2CC[C@H](CN(c3cccc(-c4cnc(C5CC5)s4)c3)C(=O)[C@H]3CC[C@H](OC(=O)N4CC(O)C4)CC3)CC2)nc1C#N. The monoisotopic (exact) mass is 669 g/mol. The maximum Gasteiger partial charge on any atom is 0.410 e. The van der Waals surface area contributed by atoms with Crippen molar-refractivity contribution in [1.29, 1.82) is 5.26 Å². The Bertz CT molecular complexity index is 1660. The van der Waals surface area contributed by atoms with Gasteiger partial charge in [-0.15, -0.1) is 11.3 Å². The van der Waals surface area contributed by atoms with Gasteiger partial charge in [-0.3, -0.25) is 4.79 Å². The lowest BCUT2D eigenvalue weighted by molar-refractivity contribution is -0.124. The maximum atomic E-state index is 14.4. The van der Waals surface area contributed by atoms with E-state index < -0.39 is 6.10 Å². The number of likely N-dealkylation sites (tertiary alicyclic amines) is 1. The quantitative estimate of drug-likeness (QED) is 0.269. The van der Waals surface area contributed by atoms with Gasteiger partial charge in [0.25, 0.3) is 0 Å². The van der Waals surface area contributed by atoms with Crippen molar-refractivity contribution in [2.24, 2.45) is 11.8 Å². The average molecular weight is 670 g/mol. The molecule has 0 radical (unpaired) electrons. The fourth-order valence-corrected chi connectivity index (χ4v) is 8.48. The van der Waals surface area contributed by atoms with E-state index in [2.05, 4.69) is 29.3 Å². The first-order chi connectivity index (χ1) is 23.4. The van der Waals surface area contributed by atoms with Crippen LogP contribution in [0, 0.1) is 23.2 Å². The molecule has 3 saturated carbocycles. The van der Waals surface area contributed by atoms with Gasteiger partial charge >= 0.3 is 6.09 Å².